The van der Waals surface area contributed by atoms with Crippen LogP contribution in [0.1, 0.15) is 10.6 Å². The number of carbonyl (C=O) groups is 1. The highest BCUT2D eigenvalue weighted by molar-refractivity contribution is 7.09. The van der Waals surface area contributed by atoms with Gasteiger partial charge in [-0.25, -0.2) is 4.79 Å². The number of hydrogen-bond donors (Lipinski definition) is 2. The van der Waals surface area contributed by atoms with Gasteiger partial charge in [-0.3, -0.25) is 15.0 Å². The van der Waals surface area contributed by atoms with E-state index in [1.807, 2.05) is 29.6 Å². The average molecular weight is 325 g/mol. The number of rotatable bonds is 5. The van der Waals surface area contributed by atoms with Crippen molar-refractivity contribution in [2.24, 2.45) is 0 Å². The summed E-state index contributed by atoms with van der Waals surface area (Å²) in [4.78, 5) is 25.7. The molecule has 0 aliphatic rings. The predicted octanol–water partition coefficient (Wildman–Crippen LogP) is 2.60. The molecule has 0 saturated carbocycles. The van der Waals surface area contributed by atoms with Crippen molar-refractivity contribution in [3.63, 3.8) is 0 Å². The zero-order chi connectivity index (χ0) is 15.9. The van der Waals surface area contributed by atoms with Gasteiger partial charge in [0.15, 0.2) is 0 Å². The van der Waals surface area contributed by atoms with Gasteiger partial charge in [0.2, 0.25) is 0 Å². The average Bonchev–Trinajstić information content (AvgIpc) is 3.13. The standard InChI is InChI=1S/C16H15N5OS/c22-16(20-10-13-4-2-8-23-13)21-11-14-15(19-7-6-18-14)12-3-1-5-17-9-12/h1-9H,10-11H2,(H2,20,21,22). The molecular weight excluding hydrogens is 310 g/mol. The van der Waals surface area contributed by atoms with Crippen molar-refractivity contribution >= 4 is 17.4 Å². The van der Waals surface area contributed by atoms with Gasteiger partial charge in [0.05, 0.1) is 24.5 Å². The molecule has 0 aliphatic heterocycles. The molecule has 3 heterocycles. The van der Waals surface area contributed by atoms with Crippen LogP contribution in [0, 0.1) is 0 Å². The normalized spacial score (nSPS) is 10.3. The lowest BCUT2D eigenvalue weighted by Crippen LogP contribution is -2.34. The van der Waals surface area contributed by atoms with Crippen LogP contribution in [0.5, 0.6) is 0 Å². The van der Waals surface area contributed by atoms with E-state index in [9.17, 15) is 4.79 Å². The molecule has 3 aromatic heterocycles. The summed E-state index contributed by atoms with van der Waals surface area (Å²) >= 11 is 1.61. The van der Waals surface area contributed by atoms with E-state index in [4.69, 9.17) is 0 Å². The monoisotopic (exact) mass is 325 g/mol. The molecule has 0 bridgehead atoms. The van der Waals surface area contributed by atoms with Gasteiger partial charge < -0.3 is 10.6 Å². The Bertz CT molecular complexity index is 761. The topological polar surface area (TPSA) is 79.8 Å². The molecule has 0 spiro atoms. The Hall–Kier alpha value is -2.80. The third-order valence-corrected chi connectivity index (χ3v) is 4.01. The van der Waals surface area contributed by atoms with Crippen molar-refractivity contribution in [1.82, 2.24) is 25.6 Å². The molecule has 0 saturated heterocycles. The second kappa shape index (κ2) is 7.46. The van der Waals surface area contributed by atoms with E-state index in [1.165, 1.54) is 0 Å². The Kier molecular flexibility index (Phi) is 4.90. The molecule has 0 aromatic carbocycles. The van der Waals surface area contributed by atoms with E-state index in [2.05, 4.69) is 25.6 Å². The van der Waals surface area contributed by atoms with E-state index in [0.29, 0.717) is 18.8 Å². The number of nitrogens with one attached hydrogen (secondary N) is 2. The molecule has 23 heavy (non-hydrogen) atoms. The molecule has 2 N–H and O–H groups in total. The fourth-order valence-electron chi connectivity index (χ4n) is 2.05. The maximum absolute atomic E-state index is 11.9. The lowest BCUT2D eigenvalue weighted by Gasteiger charge is -2.09. The Morgan fingerprint density at radius 3 is 2.70 bits per heavy atom. The highest BCUT2D eigenvalue weighted by atomic mass is 32.1. The van der Waals surface area contributed by atoms with Gasteiger partial charge in [0.25, 0.3) is 0 Å². The summed E-state index contributed by atoms with van der Waals surface area (Å²) in [5, 5.41) is 7.60. The Morgan fingerprint density at radius 1 is 1.04 bits per heavy atom. The summed E-state index contributed by atoms with van der Waals surface area (Å²) in [5.41, 5.74) is 2.29. The maximum Gasteiger partial charge on any atom is 0.315 e. The molecule has 0 aliphatic carbocycles. The first-order chi connectivity index (χ1) is 11.3. The molecule has 7 heteroatoms. The van der Waals surface area contributed by atoms with Crippen molar-refractivity contribution < 1.29 is 4.79 Å². The van der Waals surface area contributed by atoms with Gasteiger partial charge in [0, 0.05) is 35.2 Å². The zero-order valence-corrected chi connectivity index (χ0v) is 13.1. The summed E-state index contributed by atoms with van der Waals surface area (Å²) in [7, 11) is 0. The Morgan fingerprint density at radius 2 is 1.91 bits per heavy atom. The van der Waals surface area contributed by atoms with Crippen molar-refractivity contribution in [2.45, 2.75) is 13.1 Å². The first kappa shape index (κ1) is 15.1. The summed E-state index contributed by atoms with van der Waals surface area (Å²) in [5.74, 6) is 0. The minimum absolute atomic E-state index is 0.235. The van der Waals surface area contributed by atoms with E-state index in [1.54, 1.807) is 36.1 Å². The minimum atomic E-state index is -0.235. The van der Waals surface area contributed by atoms with Gasteiger partial charge in [-0.05, 0) is 23.6 Å². The number of carbonyl (C=O) groups excluding carboxylic acids is 1. The van der Waals surface area contributed by atoms with Crippen LogP contribution in [0.15, 0.2) is 54.4 Å². The number of amides is 2. The number of nitrogens with zero attached hydrogens (tertiary/aromatic N) is 3. The maximum atomic E-state index is 11.9. The number of thiophene rings is 1. The quantitative estimate of drug-likeness (QED) is 0.755. The van der Waals surface area contributed by atoms with Crippen molar-refractivity contribution in [2.75, 3.05) is 0 Å². The summed E-state index contributed by atoms with van der Waals surface area (Å²) in [6.45, 7) is 0.813. The van der Waals surface area contributed by atoms with Crippen molar-refractivity contribution in [3.05, 3.63) is 65.0 Å². The second-order valence-electron chi connectivity index (χ2n) is 4.71. The zero-order valence-electron chi connectivity index (χ0n) is 12.3. The minimum Gasteiger partial charge on any atom is -0.333 e. The Balaban J connectivity index is 1.61. The highest BCUT2D eigenvalue weighted by Gasteiger charge is 2.09. The van der Waals surface area contributed by atoms with Gasteiger partial charge >= 0.3 is 6.03 Å². The number of pyridine rings is 1. The fraction of sp³-hybridized carbons (Fsp3) is 0.125. The predicted molar refractivity (Wildman–Crippen MR) is 88.7 cm³/mol. The molecule has 6 nitrogen and oxygen atoms in total. The van der Waals surface area contributed by atoms with E-state index in [0.717, 1.165) is 16.1 Å². The summed E-state index contributed by atoms with van der Waals surface area (Å²) in [6.07, 6.45) is 6.67. The molecule has 116 valence electrons. The Labute approximate surface area is 137 Å². The number of hydrogen-bond acceptors (Lipinski definition) is 5. The van der Waals surface area contributed by atoms with Crippen molar-refractivity contribution in [3.8, 4) is 11.3 Å². The summed E-state index contributed by atoms with van der Waals surface area (Å²) in [6, 6.07) is 7.46. The molecule has 0 atom stereocenters. The van der Waals surface area contributed by atoms with Crippen LogP contribution in [0.25, 0.3) is 11.3 Å². The van der Waals surface area contributed by atoms with Crippen LogP contribution in [0.2, 0.25) is 0 Å². The lowest BCUT2D eigenvalue weighted by molar-refractivity contribution is 0.240. The fourth-order valence-corrected chi connectivity index (χ4v) is 2.69. The highest BCUT2D eigenvalue weighted by Crippen LogP contribution is 2.17. The number of aromatic nitrogens is 3. The van der Waals surface area contributed by atoms with Crippen LogP contribution < -0.4 is 10.6 Å². The van der Waals surface area contributed by atoms with Gasteiger partial charge in [0.1, 0.15) is 0 Å². The van der Waals surface area contributed by atoms with E-state index < -0.39 is 0 Å². The largest absolute Gasteiger partial charge is 0.333 e. The molecule has 3 rings (SSSR count). The SMILES string of the molecule is O=C(NCc1cccs1)NCc1nccnc1-c1cccnc1. The van der Waals surface area contributed by atoms with Gasteiger partial charge in [-0.2, -0.15) is 0 Å². The third kappa shape index (κ3) is 4.10. The molecule has 3 aromatic rings. The van der Waals surface area contributed by atoms with Crippen LogP contribution >= 0.6 is 11.3 Å². The molecule has 0 fully saturated rings. The molecule has 0 unspecified atom stereocenters. The smallest absolute Gasteiger partial charge is 0.315 e. The van der Waals surface area contributed by atoms with E-state index in [-0.39, 0.29) is 6.03 Å². The van der Waals surface area contributed by atoms with Crippen molar-refractivity contribution in [1.29, 1.82) is 0 Å². The molecule has 0 radical (unpaired) electrons. The third-order valence-electron chi connectivity index (χ3n) is 3.13. The van der Waals surface area contributed by atoms with Crippen LogP contribution in [0.3, 0.4) is 0 Å². The van der Waals surface area contributed by atoms with Crippen LogP contribution in [-0.4, -0.2) is 21.0 Å². The first-order valence-electron chi connectivity index (χ1n) is 7.07. The molecular formula is C16H15N5OS. The summed E-state index contributed by atoms with van der Waals surface area (Å²) < 4.78 is 0. The van der Waals surface area contributed by atoms with Crippen LogP contribution in [0.4, 0.5) is 4.79 Å². The van der Waals surface area contributed by atoms with Crippen LogP contribution in [-0.2, 0) is 13.1 Å². The van der Waals surface area contributed by atoms with Gasteiger partial charge in [-0.15, -0.1) is 11.3 Å². The van der Waals surface area contributed by atoms with E-state index >= 15 is 0 Å². The second-order valence-corrected chi connectivity index (χ2v) is 5.74. The first-order valence-corrected chi connectivity index (χ1v) is 7.95. The lowest BCUT2D eigenvalue weighted by atomic mass is 10.1. The van der Waals surface area contributed by atoms with Gasteiger partial charge in [-0.1, -0.05) is 6.07 Å². The number of urea groups is 1. The molecule has 2 amide bonds.